The fraction of sp³-hybridized carbons (Fsp3) is 0.269. The number of phenols is 1. The van der Waals surface area contributed by atoms with Gasteiger partial charge in [-0.05, 0) is 79.0 Å². The average Bonchev–Trinajstić information content (AvgIpc) is 3.30. The molecule has 1 fully saturated rings. The predicted molar refractivity (Wildman–Crippen MR) is 119 cm³/mol. The van der Waals surface area contributed by atoms with Crippen molar-refractivity contribution in [3.8, 4) is 5.75 Å². The molecular weight excluding hydrogens is 410 g/mol. The quantitative estimate of drug-likeness (QED) is 0.562. The number of carbonyl (C=O) groups excluding carboxylic acids is 1. The van der Waals surface area contributed by atoms with E-state index in [1.807, 2.05) is 0 Å². The summed E-state index contributed by atoms with van der Waals surface area (Å²) in [5, 5.41) is 12.8. The summed E-state index contributed by atoms with van der Waals surface area (Å²) >= 11 is 0. The van der Waals surface area contributed by atoms with Gasteiger partial charge in [0.15, 0.2) is 0 Å². The van der Waals surface area contributed by atoms with Crippen molar-refractivity contribution < 1.29 is 18.7 Å². The minimum Gasteiger partial charge on any atom is -0.508 e. The van der Waals surface area contributed by atoms with Gasteiger partial charge in [0.25, 0.3) is 0 Å². The Labute approximate surface area is 186 Å². The minimum absolute atomic E-state index is 0.162. The van der Waals surface area contributed by atoms with Crippen LogP contribution in [0.5, 0.6) is 5.75 Å². The largest absolute Gasteiger partial charge is 0.508 e. The van der Waals surface area contributed by atoms with Gasteiger partial charge < -0.3 is 15.3 Å². The van der Waals surface area contributed by atoms with Crippen molar-refractivity contribution >= 4 is 5.91 Å². The molecule has 4 rings (SSSR count). The Morgan fingerprint density at radius 2 is 1.28 bits per heavy atom. The van der Waals surface area contributed by atoms with Crippen LogP contribution in [0.3, 0.4) is 0 Å². The second-order valence-electron chi connectivity index (χ2n) is 8.20. The molecule has 1 saturated heterocycles. The third kappa shape index (κ3) is 5.32. The number of likely N-dealkylation sites (tertiary alicyclic amines) is 1. The van der Waals surface area contributed by atoms with Gasteiger partial charge in [0.05, 0.1) is 12.0 Å². The molecule has 3 aromatic rings. The fourth-order valence-corrected chi connectivity index (χ4v) is 4.23. The summed E-state index contributed by atoms with van der Waals surface area (Å²) in [4.78, 5) is 15.9. The van der Waals surface area contributed by atoms with Crippen molar-refractivity contribution in [3.05, 3.63) is 101 Å². The zero-order valence-corrected chi connectivity index (χ0v) is 17.7. The number of aromatic hydroxyl groups is 1. The fourth-order valence-electron chi connectivity index (χ4n) is 4.23. The monoisotopic (exact) mass is 436 g/mol. The van der Waals surface area contributed by atoms with Gasteiger partial charge in [-0.25, -0.2) is 8.78 Å². The summed E-state index contributed by atoms with van der Waals surface area (Å²) < 4.78 is 27.0. The van der Waals surface area contributed by atoms with E-state index in [-0.39, 0.29) is 29.3 Å². The highest BCUT2D eigenvalue weighted by atomic mass is 19.1. The van der Waals surface area contributed by atoms with E-state index in [9.17, 15) is 18.7 Å². The number of carbonyl (C=O) groups is 1. The highest BCUT2D eigenvalue weighted by Crippen LogP contribution is 2.28. The summed E-state index contributed by atoms with van der Waals surface area (Å²) in [5.74, 6) is -1.57. The van der Waals surface area contributed by atoms with Crippen molar-refractivity contribution in [2.45, 2.75) is 24.8 Å². The lowest BCUT2D eigenvalue weighted by molar-refractivity contribution is -0.122. The van der Waals surface area contributed by atoms with Crippen LogP contribution in [0.2, 0.25) is 0 Å². The number of nitrogens with zero attached hydrogens (tertiary/aromatic N) is 1. The molecule has 2 N–H and O–H groups in total. The molecule has 1 atom stereocenters. The van der Waals surface area contributed by atoms with E-state index < -0.39 is 5.92 Å². The molecule has 6 heteroatoms. The van der Waals surface area contributed by atoms with Crippen LogP contribution in [-0.4, -0.2) is 35.5 Å². The van der Waals surface area contributed by atoms with E-state index in [4.69, 9.17) is 0 Å². The number of hydrogen-bond donors (Lipinski definition) is 2. The number of amides is 1. The third-order valence-electron chi connectivity index (χ3n) is 5.92. The first-order valence-corrected chi connectivity index (χ1v) is 10.8. The summed E-state index contributed by atoms with van der Waals surface area (Å²) in [6.45, 7) is 2.60. The second kappa shape index (κ2) is 9.92. The molecular formula is C26H26F2N2O2. The zero-order chi connectivity index (χ0) is 22.5. The first-order valence-electron chi connectivity index (χ1n) is 10.8. The van der Waals surface area contributed by atoms with Crippen LogP contribution in [0.15, 0.2) is 72.8 Å². The number of phenolic OH excluding ortho intramolecular Hbond substituents is 1. The minimum atomic E-state index is -0.714. The molecule has 0 radical (unpaired) electrons. The summed E-state index contributed by atoms with van der Waals surface area (Å²) in [7, 11) is 0. The molecule has 0 bridgehead atoms. The lowest BCUT2D eigenvalue weighted by atomic mass is 9.90. The molecule has 0 unspecified atom stereocenters. The Bertz CT molecular complexity index is 985. The maximum absolute atomic E-state index is 13.6. The molecule has 0 aliphatic carbocycles. The third-order valence-corrected chi connectivity index (χ3v) is 5.92. The molecule has 32 heavy (non-hydrogen) atoms. The first-order chi connectivity index (χ1) is 15.5. The van der Waals surface area contributed by atoms with Gasteiger partial charge in [-0.3, -0.25) is 4.79 Å². The molecule has 1 aliphatic rings. The second-order valence-corrected chi connectivity index (χ2v) is 8.20. The molecule has 1 amide bonds. The van der Waals surface area contributed by atoms with Gasteiger partial charge in [0.1, 0.15) is 17.4 Å². The van der Waals surface area contributed by atoms with Gasteiger partial charge in [0, 0.05) is 6.54 Å². The highest BCUT2D eigenvalue weighted by molar-refractivity contribution is 5.87. The van der Waals surface area contributed by atoms with Crippen LogP contribution in [-0.2, 0) is 4.79 Å². The average molecular weight is 437 g/mol. The Kier molecular flexibility index (Phi) is 6.81. The Morgan fingerprint density at radius 3 is 1.78 bits per heavy atom. The Hall–Kier alpha value is -3.25. The van der Waals surface area contributed by atoms with Crippen molar-refractivity contribution in [2.75, 3.05) is 19.6 Å². The lowest BCUT2D eigenvalue weighted by Gasteiger charge is -2.27. The molecule has 3 aromatic carbocycles. The topological polar surface area (TPSA) is 52.6 Å². The molecule has 1 heterocycles. The van der Waals surface area contributed by atoms with Crippen LogP contribution in [0.4, 0.5) is 8.78 Å². The SMILES string of the molecule is O=C(N[C@H](CN1CCCC1)c1ccc(O)cc1)C(c1ccc(F)cc1)c1ccc(F)cc1. The van der Waals surface area contributed by atoms with E-state index in [0.717, 1.165) is 31.5 Å². The Morgan fingerprint density at radius 1 is 0.812 bits per heavy atom. The van der Waals surface area contributed by atoms with Crippen molar-refractivity contribution in [1.82, 2.24) is 10.2 Å². The molecule has 0 saturated carbocycles. The van der Waals surface area contributed by atoms with Gasteiger partial charge in [0.2, 0.25) is 5.91 Å². The van der Waals surface area contributed by atoms with Crippen LogP contribution < -0.4 is 5.32 Å². The highest BCUT2D eigenvalue weighted by Gasteiger charge is 2.27. The Balaban J connectivity index is 1.64. The van der Waals surface area contributed by atoms with Crippen LogP contribution in [0.1, 0.15) is 41.5 Å². The normalized spacial score (nSPS) is 15.1. The smallest absolute Gasteiger partial charge is 0.232 e. The van der Waals surface area contributed by atoms with Crippen molar-refractivity contribution in [2.24, 2.45) is 0 Å². The van der Waals surface area contributed by atoms with E-state index in [1.54, 1.807) is 48.5 Å². The molecule has 166 valence electrons. The standard InChI is InChI=1S/C26H26F2N2O2/c27-21-9-3-19(4-10-21)25(20-5-11-22(28)12-6-20)26(32)29-24(17-30-15-1-2-16-30)18-7-13-23(31)14-8-18/h3-14,24-25,31H,1-2,15-17H2,(H,29,32)/t24-/m1/s1. The number of halogens is 2. The first kappa shape index (κ1) is 22.0. The molecule has 1 aliphatic heterocycles. The molecule has 4 nitrogen and oxygen atoms in total. The van der Waals surface area contributed by atoms with Crippen LogP contribution in [0, 0.1) is 11.6 Å². The summed E-state index contributed by atoms with van der Waals surface area (Å²) in [5.41, 5.74) is 2.14. The summed E-state index contributed by atoms with van der Waals surface area (Å²) in [6.07, 6.45) is 2.26. The van der Waals surface area contributed by atoms with Crippen molar-refractivity contribution in [1.29, 1.82) is 0 Å². The van der Waals surface area contributed by atoms with E-state index in [1.165, 1.54) is 24.3 Å². The number of benzene rings is 3. The maximum Gasteiger partial charge on any atom is 0.232 e. The molecule has 0 spiro atoms. The maximum atomic E-state index is 13.6. The molecule has 0 aromatic heterocycles. The van der Waals surface area contributed by atoms with E-state index in [0.29, 0.717) is 17.7 Å². The number of hydrogen-bond acceptors (Lipinski definition) is 3. The van der Waals surface area contributed by atoms with E-state index in [2.05, 4.69) is 10.2 Å². The van der Waals surface area contributed by atoms with Crippen LogP contribution in [0.25, 0.3) is 0 Å². The number of nitrogens with one attached hydrogen (secondary N) is 1. The van der Waals surface area contributed by atoms with Gasteiger partial charge in [-0.15, -0.1) is 0 Å². The van der Waals surface area contributed by atoms with Crippen molar-refractivity contribution in [3.63, 3.8) is 0 Å². The lowest BCUT2D eigenvalue weighted by Crippen LogP contribution is -2.39. The zero-order valence-electron chi connectivity index (χ0n) is 17.7. The summed E-state index contributed by atoms with van der Waals surface area (Å²) in [6, 6.07) is 18.2. The van der Waals surface area contributed by atoms with Gasteiger partial charge >= 0.3 is 0 Å². The van der Waals surface area contributed by atoms with Crippen LogP contribution >= 0.6 is 0 Å². The van der Waals surface area contributed by atoms with Gasteiger partial charge in [-0.1, -0.05) is 36.4 Å². The van der Waals surface area contributed by atoms with E-state index >= 15 is 0 Å². The number of rotatable bonds is 7. The van der Waals surface area contributed by atoms with Gasteiger partial charge in [-0.2, -0.15) is 0 Å². The predicted octanol–water partition coefficient (Wildman–Crippen LogP) is 4.76.